The maximum atomic E-state index is 10.6. The van der Waals surface area contributed by atoms with Crippen molar-refractivity contribution in [3.63, 3.8) is 0 Å². The van der Waals surface area contributed by atoms with Crippen LogP contribution < -0.4 is 0 Å². The third kappa shape index (κ3) is 4.35. The summed E-state index contributed by atoms with van der Waals surface area (Å²) in [5.74, 6) is 0.171. The molecular formula is C42H25N5. The molecule has 47 heavy (non-hydrogen) atoms. The molecule has 3 aromatic heterocycles. The second kappa shape index (κ2) is 10.8. The van der Waals surface area contributed by atoms with Crippen molar-refractivity contribution in [1.29, 1.82) is 5.26 Å². The van der Waals surface area contributed by atoms with Crippen LogP contribution in [0.2, 0.25) is 0 Å². The van der Waals surface area contributed by atoms with Gasteiger partial charge in [-0.05, 0) is 70.4 Å². The van der Waals surface area contributed by atoms with Crippen molar-refractivity contribution in [2.24, 2.45) is 0 Å². The second-order valence-corrected chi connectivity index (χ2v) is 11.2. The Morgan fingerprint density at radius 3 is 2.30 bits per heavy atom. The van der Waals surface area contributed by atoms with Gasteiger partial charge in [-0.1, -0.05) is 96.9 Å². The lowest BCUT2D eigenvalue weighted by atomic mass is 9.98. The van der Waals surface area contributed by atoms with Crippen LogP contribution >= 0.6 is 0 Å². The van der Waals surface area contributed by atoms with Crippen molar-refractivity contribution in [3.05, 3.63) is 157 Å². The molecule has 0 amide bonds. The van der Waals surface area contributed by atoms with E-state index in [1.54, 1.807) is 18.2 Å². The molecule has 0 aliphatic heterocycles. The first kappa shape index (κ1) is 22.0. The van der Waals surface area contributed by atoms with Gasteiger partial charge in [0.15, 0.2) is 5.82 Å². The molecule has 0 bridgehead atoms. The van der Waals surface area contributed by atoms with Gasteiger partial charge in [0, 0.05) is 33.8 Å². The Balaban J connectivity index is 1.29. The second-order valence-electron chi connectivity index (χ2n) is 11.2. The molecule has 0 saturated carbocycles. The summed E-state index contributed by atoms with van der Waals surface area (Å²) in [7, 11) is 0. The third-order valence-corrected chi connectivity index (χ3v) is 8.56. The first-order valence-electron chi connectivity index (χ1n) is 17.6. The van der Waals surface area contributed by atoms with E-state index < -0.39 is 30.2 Å². The van der Waals surface area contributed by atoms with Crippen LogP contribution in [0.25, 0.3) is 83.1 Å². The lowest BCUT2D eigenvalue weighted by Crippen LogP contribution is -2.00. The highest BCUT2D eigenvalue weighted by atomic mass is 15.0. The minimum Gasteiger partial charge on any atom is -0.309 e. The molecule has 9 rings (SSSR count). The fourth-order valence-electron chi connectivity index (χ4n) is 6.48. The van der Waals surface area contributed by atoms with Crippen LogP contribution in [0.3, 0.4) is 0 Å². The van der Waals surface area contributed by atoms with Crippen LogP contribution in [0.4, 0.5) is 0 Å². The monoisotopic (exact) mass is 604 g/mol. The van der Waals surface area contributed by atoms with E-state index in [1.807, 2.05) is 42.5 Å². The van der Waals surface area contributed by atoms with Crippen molar-refractivity contribution in [2.45, 2.75) is 0 Å². The van der Waals surface area contributed by atoms with Crippen LogP contribution in [0, 0.1) is 11.3 Å². The molecule has 3 heterocycles. The summed E-state index contributed by atoms with van der Waals surface area (Å²) in [5, 5.41) is 15.0. The zero-order valence-corrected chi connectivity index (χ0v) is 24.8. The van der Waals surface area contributed by atoms with Crippen molar-refractivity contribution < 1.29 is 6.85 Å². The minimum absolute atomic E-state index is 0.0831. The van der Waals surface area contributed by atoms with Crippen molar-refractivity contribution in [3.8, 4) is 45.5 Å². The predicted octanol–water partition coefficient (Wildman–Crippen LogP) is 10.1. The van der Waals surface area contributed by atoms with E-state index >= 15 is 0 Å². The normalized spacial score (nSPS) is 12.9. The van der Waals surface area contributed by atoms with Gasteiger partial charge in [-0.2, -0.15) is 5.26 Å². The minimum atomic E-state index is -0.499. The summed E-state index contributed by atoms with van der Waals surface area (Å²) in [5.41, 5.74) is 6.40. The van der Waals surface area contributed by atoms with Gasteiger partial charge in [-0.25, -0.2) is 9.97 Å². The van der Waals surface area contributed by atoms with Crippen molar-refractivity contribution >= 4 is 43.6 Å². The van der Waals surface area contributed by atoms with Gasteiger partial charge in [0.1, 0.15) is 11.2 Å². The van der Waals surface area contributed by atoms with Crippen LogP contribution in [0.1, 0.15) is 12.4 Å². The van der Waals surface area contributed by atoms with Crippen LogP contribution in [-0.2, 0) is 0 Å². The number of benzene rings is 6. The maximum Gasteiger partial charge on any atom is 0.161 e. The summed E-state index contributed by atoms with van der Waals surface area (Å²) >= 11 is 0. The third-order valence-electron chi connectivity index (χ3n) is 8.56. The van der Waals surface area contributed by atoms with Crippen LogP contribution in [0.5, 0.6) is 0 Å². The molecule has 6 aromatic carbocycles. The Morgan fingerprint density at radius 2 is 1.47 bits per heavy atom. The number of nitrogens with zero attached hydrogens (tertiary/aromatic N) is 5. The predicted molar refractivity (Wildman–Crippen MR) is 190 cm³/mol. The number of rotatable bonds is 4. The number of hydrogen-bond acceptors (Lipinski definition) is 4. The van der Waals surface area contributed by atoms with E-state index in [2.05, 4.69) is 70.2 Å². The van der Waals surface area contributed by atoms with E-state index in [4.69, 9.17) is 16.8 Å². The Labute approximate surface area is 277 Å². The molecule has 0 spiro atoms. The molecule has 0 unspecified atom stereocenters. The largest absolute Gasteiger partial charge is 0.309 e. The molecule has 5 heteroatoms. The first-order valence-corrected chi connectivity index (χ1v) is 15.1. The number of pyridine rings is 1. The Bertz CT molecular complexity index is 2960. The van der Waals surface area contributed by atoms with E-state index in [9.17, 15) is 5.26 Å². The highest BCUT2D eigenvalue weighted by Crippen LogP contribution is 2.41. The number of fused-ring (bicyclic) bond motifs is 5. The summed E-state index contributed by atoms with van der Waals surface area (Å²) < 4.78 is 44.1. The summed E-state index contributed by atoms with van der Waals surface area (Å²) in [6.07, 6.45) is 1.54. The average molecular weight is 605 g/mol. The van der Waals surface area contributed by atoms with Gasteiger partial charge >= 0.3 is 0 Å². The Hall–Kier alpha value is -6.64. The fourth-order valence-corrected chi connectivity index (χ4v) is 6.48. The van der Waals surface area contributed by atoms with Crippen LogP contribution in [0.15, 0.2) is 152 Å². The summed E-state index contributed by atoms with van der Waals surface area (Å²) in [4.78, 5) is 13.9. The number of nitriles is 1. The van der Waals surface area contributed by atoms with E-state index in [-0.39, 0.29) is 22.6 Å². The molecule has 5 nitrogen and oxygen atoms in total. The maximum absolute atomic E-state index is 10.6. The zero-order valence-electron chi connectivity index (χ0n) is 29.8. The first-order chi connectivity index (χ1) is 25.3. The Morgan fingerprint density at radius 1 is 0.660 bits per heavy atom. The lowest BCUT2D eigenvalue weighted by molar-refractivity contribution is 1.17. The molecule has 0 N–H and O–H groups in total. The molecule has 0 fully saturated rings. The fraction of sp³-hybridized carbons (Fsp3) is 0. The molecule has 9 aromatic rings. The molecule has 0 radical (unpaired) electrons. The average Bonchev–Trinajstić information content (AvgIpc) is 3.51. The van der Waals surface area contributed by atoms with E-state index in [0.717, 1.165) is 49.4 Å². The smallest absolute Gasteiger partial charge is 0.161 e. The van der Waals surface area contributed by atoms with E-state index in [0.29, 0.717) is 16.6 Å². The van der Waals surface area contributed by atoms with Gasteiger partial charge in [-0.3, -0.25) is 4.98 Å². The molecule has 0 saturated heterocycles. The van der Waals surface area contributed by atoms with Gasteiger partial charge in [0.25, 0.3) is 0 Å². The van der Waals surface area contributed by atoms with E-state index in [1.165, 1.54) is 6.20 Å². The summed E-state index contributed by atoms with van der Waals surface area (Å²) in [6, 6.07) is 38.4. The zero-order chi connectivity index (χ0) is 35.7. The molecule has 0 atom stereocenters. The molecule has 218 valence electrons. The highest BCUT2D eigenvalue weighted by Gasteiger charge is 2.20. The molecule has 0 aliphatic carbocycles. The van der Waals surface area contributed by atoms with Gasteiger partial charge in [-0.15, -0.1) is 0 Å². The SMILES string of the molecule is [2H]c1c([2H])c([2H])c(-c2nc(-c3ccc(-n4c5cc6ccccc6cc5c5c(-c6ccccc6)cccc54)cc3C#N)nc3cccnc23)c([2H])c1[2H]. The lowest BCUT2D eigenvalue weighted by Gasteiger charge is -2.13. The standard InChI is InChI=1S/C42H25N5/c43-26-31-23-32(20-21-34(31)42-45-36-18-10-22-44-41(36)40(46-42)28-13-5-2-6-14-28)47-37-19-9-17-33(27-11-3-1-4-12-27)39(37)35-24-29-15-7-8-16-30(29)25-38(35)47/h1-25H/i2D,5D,6D,13D,14D. The van der Waals surface area contributed by atoms with Crippen molar-refractivity contribution in [1.82, 2.24) is 19.5 Å². The molecule has 0 aliphatic rings. The molecular weight excluding hydrogens is 574 g/mol. The summed E-state index contributed by atoms with van der Waals surface area (Å²) in [6.45, 7) is 0. The Kier molecular flexibility index (Phi) is 5.03. The van der Waals surface area contributed by atoms with Gasteiger partial charge < -0.3 is 4.57 Å². The quantitative estimate of drug-likeness (QED) is 0.200. The van der Waals surface area contributed by atoms with Gasteiger partial charge in [0.2, 0.25) is 0 Å². The van der Waals surface area contributed by atoms with Gasteiger partial charge in [0.05, 0.1) is 35.0 Å². The highest BCUT2D eigenvalue weighted by molar-refractivity contribution is 6.18. The topological polar surface area (TPSA) is 67.4 Å². The van der Waals surface area contributed by atoms with Crippen LogP contribution in [-0.4, -0.2) is 19.5 Å². The number of aromatic nitrogens is 4. The number of hydrogen-bond donors (Lipinski definition) is 0. The van der Waals surface area contributed by atoms with Crippen molar-refractivity contribution in [2.75, 3.05) is 0 Å².